The fraction of sp³-hybridized carbons (Fsp3) is 0.625. The van der Waals surface area contributed by atoms with E-state index in [1.165, 1.54) is 6.33 Å². The van der Waals surface area contributed by atoms with Crippen LogP contribution in [0.5, 0.6) is 0 Å². The summed E-state index contributed by atoms with van der Waals surface area (Å²) in [6.07, 6.45) is 5.41. The van der Waals surface area contributed by atoms with E-state index in [0.29, 0.717) is 11.7 Å². The molecule has 1 aliphatic carbocycles. The van der Waals surface area contributed by atoms with Crippen LogP contribution < -0.4 is 11.1 Å². The molecule has 0 unspecified atom stereocenters. The summed E-state index contributed by atoms with van der Waals surface area (Å²) in [5.41, 5.74) is 6.25. The summed E-state index contributed by atoms with van der Waals surface area (Å²) in [4.78, 5) is 8.52. The zero-order valence-corrected chi connectivity index (χ0v) is 13.7. The van der Waals surface area contributed by atoms with Crippen LogP contribution in [0, 0.1) is 5.92 Å². The normalized spacial score (nSPS) is 32.5. The molecule has 1 saturated carbocycles. The molecule has 2 aliphatic rings. The molecule has 0 amide bonds. The van der Waals surface area contributed by atoms with E-state index in [-0.39, 0.29) is 6.10 Å². The molecule has 3 atom stereocenters. The highest BCUT2D eigenvalue weighted by Gasteiger charge is 2.61. The Kier molecular flexibility index (Phi) is 3.16. The van der Waals surface area contributed by atoms with Crippen molar-refractivity contribution in [3.05, 3.63) is 18.6 Å². The smallest absolute Gasteiger partial charge is 0.176 e. The van der Waals surface area contributed by atoms with Gasteiger partial charge in [0, 0.05) is 18.7 Å². The van der Waals surface area contributed by atoms with Gasteiger partial charge in [0.25, 0.3) is 0 Å². The Bertz CT molecular complexity index is 743. The molecule has 3 heterocycles. The van der Waals surface area contributed by atoms with Gasteiger partial charge in [-0.05, 0) is 39.8 Å². The number of nitrogen functional groups attached to an aromatic ring is 1. The van der Waals surface area contributed by atoms with Crippen LogP contribution in [0.1, 0.15) is 26.7 Å². The number of aromatic nitrogens is 3. The average molecular weight is 317 g/mol. The zero-order chi connectivity index (χ0) is 16.2. The number of nitrogens with zero attached hydrogens (tertiary/aromatic N) is 3. The number of anilines is 1. The number of hydrogen-bond donors (Lipinski definition) is 2. The first-order valence-corrected chi connectivity index (χ1v) is 8.07. The summed E-state index contributed by atoms with van der Waals surface area (Å²) in [5, 5.41) is 4.12. The quantitative estimate of drug-likeness (QED) is 0.891. The molecule has 1 saturated heterocycles. The molecule has 4 rings (SSSR count). The minimum Gasteiger partial charge on any atom is -0.383 e. The molecule has 0 bridgehead atoms. The van der Waals surface area contributed by atoms with Gasteiger partial charge in [-0.25, -0.2) is 9.97 Å². The first-order chi connectivity index (χ1) is 11.0. The van der Waals surface area contributed by atoms with Gasteiger partial charge in [-0.15, -0.1) is 0 Å². The van der Waals surface area contributed by atoms with Crippen molar-refractivity contribution in [1.29, 1.82) is 0 Å². The monoisotopic (exact) mass is 317 g/mol. The minimum atomic E-state index is -0.619. The van der Waals surface area contributed by atoms with Crippen LogP contribution in [-0.2, 0) is 15.2 Å². The maximum Gasteiger partial charge on any atom is 0.176 e. The first kappa shape index (κ1) is 14.9. The maximum absolute atomic E-state index is 6.44. The molecule has 7 heteroatoms. The van der Waals surface area contributed by atoms with E-state index in [4.69, 9.17) is 15.2 Å². The van der Waals surface area contributed by atoms with E-state index >= 15 is 0 Å². The maximum atomic E-state index is 6.44. The molecule has 0 radical (unpaired) electrons. The Morgan fingerprint density at radius 2 is 2.26 bits per heavy atom. The van der Waals surface area contributed by atoms with Crippen LogP contribution in [-0.4, -0.2) is 40.0 Å². The lowest BCUT2D eigenvalue weighted by atomic mass is 10.0. The fourth-order valence-electron chi connectivity index (χ4n) is 4.16. The highest BCUT2D eigenvalue weighted by atomic mass is 16.8. The molecule has 1 aliphatic heterocycles. The number of ether oxygens (including phenoxy) is 2. The SMILES string of the molecule is CNC[C@H]1CC[C@@]2(n3ccc4c(N)ncnc43)OC(C)(C)O[C@H]12. The lowest BCUT2D eigenvalue weighted by Crippen LogP contribution is -2.42. The third-order valence-corrected chi connectivity index (χ3v) is 4.97. The van der Waals surface area contributed by atoms with E-state index < -0.39 is 11.5 Å². The van der Waals surface area contributed by atoms with Gasteiger partial charge in [0.05, 0.1) is 5.39 Å². The predicted molar refractivity (Wildman–Crippen MR) is 86.6 cm³/mol. The summed E-state index contributed by atoms with van der Waals surface area (Å²) in [5.74, 6) is 0.273. The van der Waals surface area contributed by atoms with Crippen LogP contribution in [0.4, 0.5) is 5.82 Å². The first-order valence-electron chi connectivity index (χ1n) is 8.07. The Labute approximate surface area is 135 Å². The second kappa shape index (κ2) is 4.90. The third kappa shape index (κ3) is 2.07. The number of rotatable bonds is 3. The molecule has 124 valence electrons. The second-order valence-electron chi connectivity index (χ2n) is 6.92. The molecule has 0 spiro atoms. The van der Waals surface area contributed by atoms with E-state index in [9.17, 15) is 0 Å². The molecule has 2 aromatic heterocycles. The van der Waals surface area contributed by atoms with Gasteiger partial charge in [-0.2, -0.15) is 0 Å². The van der Waals surface area contributed by atoms with Crippen molar-refractivity contribution in [3.63, 3.8) is 0 Å². The number of fused-ring (bicyclic) bond motifs is 2. The van der Waals surface area contributed by atoms with Crippen molar-refractivity contribution in [2.24, 2.45) is 5.92 Å². The molecule has 2 aromatic rings. The van der Waals surface area contributed by atoms with Crippen molar-refractivity contribution < 1.29 is 9.47 Å². The Balaban J connectivity index is 1.85. The Morgan fingerprint density at radius 3 is 3.04 bits per heavy atom. The van der Waals surface area contributed by atoms with E-state index in [2.05, 4.69) is 19.9 Å². The minimum absolute atomic E-state index is 0.0169. The number of nitrogens with one attached hydrogen (secondary N) is 1. The molecule has 0 aromatic carbocycles. The number of hydrogen-bond acceptors (Lipinski definition) is 6. The average Bonchev–Trinajstić information content (AvgIpc) is 3.12. The Hall–Kier alpha value is -1.70. The van der Waals surface area contributed by atoms with Crippen molar-refractivity contribution in [2.75, 3.05) is 19.3 Å². The largest absolute Gasteiger partial charge is 0.383 e. The van der Waals surface area contributed by atoms with Crippen molar-refractivity contribution in [3.8, 4) is 0 Å². The van der Waals surface area contributed by atoms with Crippen LogP contribution in [0.15, 0.2) is 18.6 Å². The lowest BCUT2D eigenvalue weighted by Gasteiger charge is -2.31. The molecular weight excluding hydrogens is 294 g/mol. The zero-order valence-electron chi connectivity index (χ0n) is 13.7. The van der Waals surface area contributed by atoms with Gasteiger partial charge in [-0.1, -0.05) is 0 Å². The predicted octanol–water partition coefficient (Wildman–Crippen LogP) is 1.45. The van der Waals surface area contributed by atoms with Gasteiger partial charge >= 0.3 is 0 Å². The lowest BCUT2D eigenvalue weighted by molar-refractivity contribution is -0.187. The summed E-state index contributed by atoms with van der Waals surface area (Å²) in [6, 6.07) is 1.95. The van der Waals surface area contributed by atoms with Crippen molar-refractivity contribution >= 4 is 16.9 Å². The molecular formula is C16H23N5O2. The van der Waals surface area contributed by atoms with Crippen LogP contribution in [0.2, 0.25) is 0 Å². The number of nitrogens with two attached hydrogens (primary N) is 1. The fourth-order valence-corrected chi connectivity index (χ4v) is 4.16. The van der Waals surface area contributed by atoms with Gasteiger partial charge < -0.3 is 25.1 Å². The van der Waals surface area contributed by atoms with Crippen molar-refractivity contribution in [2.45, 2.75) is 44.3 Å². The highest BCUT2D eigenvalue weighted by Crippen LogP contribution is 2.52. The third-order valence-electron chi connectivity index (χ3n) is 4.97. The molecule has 23 heavy (non-hydrogen) atoms. The van der Waals surface area contributed by atoms with Gasteiger partial charge in [0.1, 0.15) is 23.9 Å². The summed E-state index contributed by atoms with van der Waals surface area (Å²) >= 11 is 0. The second-order valence-corrected chi connectivity index (χ2v) is 6.92. The topological polar surface area (TPSA) is 87.2 Å². The molecule has 3 N–H and O–H groups in total. The van der Waals surface area contributed by atoms with Crippen LogP contribution >= 0.6 is 0 Å². The van der Waals surface area contributed by atoms with Gasteiger partial charge in [-0.3, -0.25) is 0 Å². The van der Waals surface area contributed by atoms with Gasteiger partial charge in [0.15, 0.2) is 11.5 Å². The van der Waals surface area contributed by atoms with Crippen molar-refractivity contribution in [1.82, 2.24) is 19.9 Å². The Morgan fingerprint density at radius 1 is 1.43 bits per heavy atom. The summed E-state index contributed by atoms with van der Waals surface area (Å²) in [7, 11) is 1.97. The van der Waals surface area contributed by atoms with Gasteiger partial charge in [0.2, 0.25) is 0 Å². The van der Waals surface area contributed by atoms with E-state index in [1.54, 1.807) is 0 Å². The van der Waals surface area contributed by atoms with E-state index in [0.717, 1.165) is 30.4 Å². The molecule has 2 fully saturated rings. The standard InChI is InChI=1S/C16H23N5O2/c1-15(2)22-12-10(8-18-3)4-6-16(12,23-15)21-7-5-11-13(17)19-9-20-14(11)21/h5,7,9-10,12,18H,4,6,8H2,1-3H3,(H2,17,19,20)/t10-,12-,16-/m1/s1. The highest BCUT2D eigenvalue weighted by molar-refractivity contribution is 5.86. The van der Waals surface area contributed by atoms with Crippen LogP contribution in [0.3, 0.4) is 0 Å². The van der Waals surface area contributed by atoms with Crippen LogP contribution in [0.25, 0.3) is 11.0 Å². The summed E-state index contributed by atoms with van der Waals surface area (Å²) < 4.78 is 14.8. The molecule has 7 nitrogen and oxygen atoms in total. The summed E-state index contributed by atoms with van der Waals surface area (Å²) in [6.45, 7) is 4.85. The van der Waals surface area contributed by atoms with E-state index in [1.807, 2.05) is 33.2 Å².